The highest BCUT2D eigenvalue weighted by molar-refractivity contribution is 7.80. The van der Waals surface area contributed by atoms with Crippen LogP contribution >= 0.6 is 12.2 Å². The molecule has 130 valence electrons. The third kappa shape index (κ3) is 6.35. The average Bonchev–Trinajstić information content (AvgIpc) is 2.55. The predicted octanol–water partition coefficient (Wildman–Crippen LogP) is 3.80. The number of hydrogen-bond acceptors (Lipinski definition) is 3. The Morgan fingerprint density at radius 3 is 2.32 bits per heavy atom. The van der Waals surface area contributed by atoms with Gasteiger partial charge in [-0.25, -0.2) is 0 Å². The van der Waals surface area contributed by atoms with Gasteiger partial charge in [0.2, 0.25) is 5.91 Å². The van der Waals surface area contributed by atoms with Gasteiger partial charge in [0, 0.05) is 23.4 Å². The molecule has 0 spiro atoms. The lowest BCUT2D eigenvalue weighted by atomic mass is 10.1. The van der Waals surface area contributed by atoms with E-state index in [2.05, 4.69) is 16.0 Å². The number of nitrogens with one attached hydrogen (secondary N) is 3. The monoisotopic (exact) mass is 355 g/mol. The highest BCUT2D eigenvalue weighted by atomic mass is 32.1. The van der Waals surface area contributed by atoms with Crippen LogP contribution < -0.4 is 16.0 Å². The first-order chi connectivity index (χ1) is 11.9. The molecule has 0 unspecified atom stereocenters. The van der Waals surface area contributed by atoms with E-state index in [4.69, 9.17) is 12.2 Å². The van der Waals surface area contributed by atoms with Crippen LogP contribution in [0.5, 0.6) is 0 Å². The molecule has 2 amide bonds. The van der Waals surface area contributed by atoms with E-state index < -0.39 is 0 Å². The molecule has 2 rings (SSSR count). The summed E-state index contributed by atoms with van der Waals surface area (Å²) in [5.74, 6) is -0.0945. The van der Waals surface area contributed by atoms with Gasteiger partial charge >= 0.3 is 0 Å². The zero-order valence-corrected chi connectivity index (χ0v) is 15.0. The maximum absolute atomic E-state index is 12.3. The molecule has 0 aliphatic carbocycles. The fourth-order valence-corrected chi connectivity index (χ4v) is 2.41. The lowest BCUT2D eigenvalue weighted by molar-refractivity contribution is -0.120. The number of carbonyl (C=O) groups is 2. The highest BCUT2D eigenvalue weighted by Gasteiger charge is 2.09. The third-order valence-electron chi connectivity index (χ3n) is 3.26. The zero-order chi connectivity index (χ0) is 18.2. The van der Waals surface area contributed by atoms with E-state index in [1.54, 1.807) is 24.3 Å². The molecule has 0 radical (unpaired) electrons. The lowest BCUT2D eigenvalue weighted by Crippen LogP contribution is -2.34. The van der Waals surface area contributed by atoms with Crippen LogP contribution in [0.3, 0.4) is 0 Å². The molecule has 0 aliphatic heterocycles. The summed E-state index contributed by atoms with van der Waals surface area (Å²) in [5.41, 5.74) is 1.85. The summed E-state index contributed by atoms with van der Waals surface area (Å²) in [6.07, 6.45) is 0.404. The van der Waals surface area contributed by atoms with E-state index in [1.165, 1.54) is 0 Å². The van der Waals surface area contributed by atoms with Gasteiger partial charge in [-0.2, -0.15) is 0 Å². The summed E-state index contributed by atoms with van der Waals surface area (Å²) in [4.78, 5) is 24.0. The molecule has 0 atom stereocenters. The van der Waals surface area contributed by atoms with Crippen LogP contribution in [0.2, 0.25) is 0 Å². The van der Waals surface area contributed by atoms with Crippen LogP contribution in [0.25, 0.3) is 0 Å². The maximum atomic E-state index is 12.3. The first-order valence-corrected chi connectivity index (χ1v) is 8.42. The van der Waals surface area contributed by atoms with Crippen LogP contribution in [0.15, 0.2) is 54.6 Å². The average molecular weight is 355 g/mol. The molecule has 2 aromatic rings. The van der Waals surface area contributed by atoms with Gasteiger partial charge in [0.1, 0.15) is 0 Å². The van der Waals surface area contributed by atoms with E-state index in [0.29, 0.717) is 17.7 Å². The number of hydrogen-bond donors (Lipinski definition) is 3. The normalized spacial score (nSPS) is 10.2. The Morgan fingerprint density at radius 1 is 0.960 bits per heavy atom. The molecule has 0 aliphatic rings. The first kappa shape index (κ1) is 18.6. The summed E-state index contributed by atoms with van der Waals surface area (Å²) in [7, 11) is 0. The van der Waals surface area contributed by atoms with Crippen molar-refractivity contribution in [2.24, 2.45) is 5.92 Å². The summed E-state index contributed by atoms with van der Waals surface area (Å²) in [5, 5.41) is 8.59. The second-order valence-electron chi connectivity index (χ2n) is 6.00. The van der Waals surface area contributed by atoms with Gasteiger partial charge in [-0.1, -0.05) is 38.1 Å². The standard InChI is InChI=1S/C19H21N3O2S/c1-13(2)11-17(23)22-19(25)21-16-10-6-7-14(12-16)18(24)20-15-8-4-3-5-9-15/h3-10,12-13H,11H2,1-2H3,(H,20,24)(H2,21,22,23,25). The minimum atomic E-state index is -0.218. The van der Waals surface area contributed by atoms with Crippen molar-refractivity contribution >= 4 is 40.5 Å². The minimum Gasteiger partial charge on any atom is -0.332 e. The quantitative estimate of drug-likeness (QED) is 0.714. The number of amides is 2. The number of para-hydroxylation sites is 1. The molecule has 5 nitrogen and oxygen atoms in total. The van der Waals surface area contributed by atoms with Crippen LogP contribution in [0, 0.1) is 5.92 Å². The Balaban J connectivity index is 1.97. The minimum absolute atomic E-state index is 0.134. The topological polar surface area (TPSA) is 70.2 Å². The van der Waals surface area contributed by atoms with Crippen molar-refractivity contribution in [2.45, 2.75) is 20.3 Å². The third-order valence-corrected chi connectivity index (χ3v) is 3.47. The van der Waals surface area contributed by atoms with E-state index >= 15 is 0 Å². The fourth-order valence-electron chi connectivity index (χ4n) is 2.17. The molecule has 0 bridgehead atoms. The molecule has 0 fully saturated rings. The van der Waals surface area contributed by atoms with E-state index in [9.17, 15) is 9.59 Å². The molecule has 0 saturated heterocycles. The number of anilines is 2. The van der Waals surface area contributed by atoms with Crippen molar-refractivity contribution in [3.05, 3.63) is 60.2 Å². The number of thiocarbonyl (C=S) groups is 1. The summed E-state index contributed by atoms with van der Waals surface area (Å²) in [6.45, 7) is 3.93. The van der Waals surface area contributed by atoms with Gasteiger partial charge < -0.3 is 16.0 Å². The van der Waals surface area contributed by atoms with Crippen molar-refractivity contribution in [1.29, 1.82) is 0 Å². The van der Waals surface area contributed by atoms with Crippen molar-refractivity contribution in [3.8, 4) is 0 Å². The van der Waals surface area contributed by atoms with Gasteiger partial charge in [-0.3, -0.25) is 9.59 Å². The van der Waals surface area contributed by atoms with Crippen LogP contribution in [-0.2, 0) is 4.79 Å². The van der Waals surface area contributed by atoms with Gasteiger partial charge in [0.15, 0.2) is 5.11 Å². The van der Waals surface area contributed by atoms with Crippen LogP contribution in [0.4, 0.5) is 11.4 Å². The van der Waals surface area contributed by atoms with Gasteiger partial charge in [-0.15, -0.1) is 0 Å². The van der Waals surface area contributed by atoms with Gasteiger partial charge in [0.05, 0.1) is 0 Å². The molecule has 2 aromatic carbocycles. The molecule has 25 heavy (non-hydrogen) atoms. The van der Waals surface area contributed by atoms with Crippen LogP contribution in [-0.4, -0.2) is 16.9 Å². The molecular formula is C19H21N3O2S. The Labute approximate surface area is 152 Å². The summed E-state index contributed by atoms with van der Waals surface area (Å²) in [6, 6.07) is 16.1. The van der Waals surface area contributed by atoms with Crippen LogP contribution in [0.1, 0.15) is 30.6 Å². The number of carbonyl (C=O) groups excluding carboxylic acids is 2. The Morgan fingerprint density at radius 2 is 1.64 bits per heavy atom. The SMILES string of the molecule is CC(C)CC(=O)NC(=S)Nc1cccc(C(=O)Nc2ccccc2)c1. The molecule has 0 saturated carbocycles. The highest BCUT2D eigenvalue weighted by Crippen LogP contribution is 2.13. The Bertz CT molecular complexity index is 760. The maximum Gasteiger partial charge on any atom is 0.255 e. The Hall–Kier alpha value is -2.73. The smallest absolute Gasteiger partial charge is 0.255 e. The second kappa shape index (κ2) is 8.94. The lowest BCUT2D eigenvalue weighted by Gasteiger charge is -2.11. The van der Waals surface area contributed by atoms with Gasteiger partial charge in [-0.05, 0) is 48.5 Å². The van der Waals surface area contributed by atoms with Crippen molar-refractivity contribution < 1.29 is 9.59 Å². The predicted molar refractivity (Wildman–Crippen MR) is 105 cm³/mol. The molecule has 6 heteroatoms. The summed E-state index contributed by atoms with van der Waals surface area (Å²) < 4.78 is 0. The molecule has 0 aromatic heterocycles. The molecular weight excluding hydrogens is 334 g/mol. The summed E-state index contributed by atoms with van der Waals surface area (Å²) >= 11 is 5.14. The molecule has 3 N–H and O–H groups in total. The fraction of sp³-hybridized carbons (Fsp3) is 0.211. The first-order valence-electron chi connectivity index (χ1n) is 8.01. The zero-order valence-electron chi connectivity index (χ0n) is 14.2. The van der Waals surface area contributed by atoms with E-state index in [1.807, 2.05) is 44.2 Å². The second-order valence-corrected chi connectivity index (χ2v) is 6.41. The number of benzene rings is 2. The number of rotatable bonds is 5. The van der Waals surface area contributed by atoms with E-state index in [0.717, 1.165) is 5.69 Å². The molecule has 0 heterocycles. The Kier molecular flexibility index (Phi) is 6.65. The van der Waals surface area contributed by atoms with Gasteiger partial charge in [0.25, 0.3) is 5.91 Å². The van der Waals surface area contributed by atoms with Crippen molar-refractivity contribution in [2.75, 3.05) is 10.6 Å². The van der Waals surface area contributed by atoms with Crippen molar-refractivity contribution in [3.63, 3.8) is 0 Å². The van der Waals surface area contributed by atoms with E-state index in [-0.39, 0.29) is 22.8 Å². The van der Waals surface area contributed by atoms with Crippen molar-refractivity contribution in [1.82, 2.24) is 5.32 Å². The largest absolute Gasteiger partial charge is 0.332 e.